The first kappa shape index (κ1) is 25.9. The summed E-state index contributed by atoms with van der Waals surface area (Å²) in [5.41, 5.74) is 1.07. The number of amides is 1. The number of benzene rings is 2. The van der Waals surface area contributed by atoms with Gasteiger partial charge in [-0.05, 0) is 73.5 Å². The van der Waals surface area contributed by atoms with Crippen molar-refractivity contribution in [1.29, 1.82) is 0 Å². The molecule has 1 aliphatic carbocycles. The minimum absolute atomic E-state index is 0.155. The van der Waals surface area contributed by atoms with Crippen LogP contribution in [-0.4, -0.2) is 33.3 Å². The number of carbonyl (C=O) groups excluding carboxylic acids is 2. The van der Waals surface area contributed by atoms with Gasteiger partial charge in [0.2, 0.25) is 0 Å². The van der Waals surface area contributed by atoms with E-state index >= 15 is 0 Å². The number of ether oxygens (including phenoxy) is 2. The summed E-state index contributed by atoms with van der Waals surface area (Å²) in [4.78, 5) is 48.1. The number of Topliss-reactive ketones (excluding diaryl/α,β-unsaturated/α-hetero) is 1. The number of nitrogens with one attached hydrogen (secondary N) is 1. The number of ketones is 1. The van der Waals surface area contributed by atoms with Gasteiger partial charge in [0.1, 0.15) is 34.4 Å². The average Bonchev–Trinajstić information content (AvgIpc) is 2.98. The molecule has 2 aromatic carbocycles. The van der Waals surface area contributed by atoms with Crippen molar-refractivity contribution >= 4 is 28.4 Å². The van der Waals surface area contributed by atoms with Crippen LogP contribution >= 0.6 is 0 Å². The molecule has 3 heterocycles. The zero-order valence-electron chi connectivity index (χ0n) is 21.9. The molecule has 0 saturated heterocycles. The fourth-order valence-corrected chi connectivity index (χ4v) is 4.86. The van der Waals surface area contributed by atoms with Crippen LogP contribution in [0.25, 0.3) is 16.6 Å². The van der Waals surface area contributed by atoms with Gasteiger partial charge in [-0.1, -0.05) is 0 Å². The van der Waals surface area contributed by atoms with Crippen LogP contribution in [-0.2, 0) is 6.42 Å². The maximum Gasteiger partial charge on any atom is 0.268 e. The third-order valence-electron chi connectivity index (χ3n) is 6.87. The van der Waals surface area contributed by atoms with Crippen molar-refractivity contribution in [3.05, 3.63) is 112 Å². The lowest BCUT2D eigenvalue weighted by molar-refractivity contribution is 0.0971. The van der Waals surface area contributed by atoms with E-state index in [2.05, 4.69) is 15.3 Å². The van der Waals surface area contributed by atoms with Gasteiger partial charge in [-0.15, -0.1) is 0 Å². The molecule has 204 valence electrons. The van der Waals surface area contributed by atoms with Crippen LogP contribution in [0.4, 0.5) is 10.2 Å². The van der Waals surface area contributed by atoms with Crippen LogP contribution in [0.15, 0.2) is 83.9 Å². The minimum Gasteiger partial charge on any atom is -0.497 e. The maximum atomic E-state index is 13.6. The molecule has 6 rings (SSSR count). The molecule has 3 aromatic heterocycles. The van der Waals surface area contributed by atoms with Gasteiger partial charge in [-0.2, -0.15) is 0 Å². The lowest BCUT2D eigenvalue weighted by Crippen LogP contribution is -2.33. The first-order chi connectivity index (χ1) is 19.9. The first-order valence-electron chi connectivity index (χ1n) is 12.9. The van der Waals surface area contributed by atoms with E-state index in [4.69, 9.17) is 9.47 Å². The van der Waals surface area contributed by atoms with E-state index in [9.17, 15) is 18.8 Å². The predicted octanol–water partition coefficient (Wildman–Crippen LogP) is 5.49. The topological polar surface area (TPSA) is 112 Å². The highest BCUT2D eigenvalue weighted by atomic mass is 19.1. The normalized spacial score (nSPS) is 12.6. The third kappa shape index (κ3) is 5.03. The monoisotopic (exact) mass is 550 g/mol. The fourth-order valence-electron chi connectivity index (χ4n) is 4.86. The van der Waals surface area contributed by atoms with Crippen molar-refractivity contribution in [2.24, 2.45) is 0 Å². The molecule has 0 atom stereocenters. The Kier molecular flexibility index (Phi) is 6.72. The van der Waals surface area contributed by atoms with Gasteiger partial charge in [0, 0.05) is 41.0 Å². The summed E-state index contributed by atoms with van der Waals surface area (Å²) in [5, 5.41) is 3.41. The summed E-state index contributed by atoms with van der Waals surface area (Å²) in [6.45, 7) is 0. The molecule has 10 heteroatoms. The molecule has 0 radical (unpaired) electrons. The number of hydrogen-bond acceptors (Lipinski definition) is 7. The van der Waals surface area contributed by atoms with Crippen LogP contribution in [0.3, 0.4) is 0 Å². The van der Waals surface area contributed by atoms with E-state index in [0.717, 1.165) is 5.39 Å². The van der Waals surface area contributed by atoms with Crippen molar-refractivity contribution in [2.75, 3.05) is 12.4 Å². The van der Waals surface area contributed by atoms with Crippen LogP contribution < -0.4 is 20.3 Å². The summed E-state index contributed by atoms with van der Waals surface area (Å²) >= 11 is 0. The largest absolute Gasteiger partial charge is 0.497 e. The number of nitrogens with zero attached hydrogens (tertiary/aromatic N) is 3. The second-order valence-electron chi connectivity index (χ2n) is 9.44. The van der Waals surface area contributed by atoms with Crippen molar-refractivity contribution < 1.29 is 23.5 Å². The van der Waals surface area contributed by atoms with Gasteiger partial charge in [0.15, 0.2) is 5.78 Å². The van der Waals surface area contributed by atoms with Gasteiger partial charge >= 0.3 is 0 Å². The highest BCUT2D eigenvalue weighted by Crippen LogP contribution is 2.31. The lowest BCUT2D eigenvalue weighted by Gasteiger charge is -2.21. The summed E-state index contributed by atoms with van der Waals surface area (Å²) in [7, 11) is 1.58. The third-order valence-corrected chi connectivity index (χ3v) is 6.87. The number of fused-ring (bicyclic) bond motifs is 2. The highest BCUT2D eigenvalue weighted by Gasteiger charge is 2.26. The second kappa shape index (κ2) is 10.6. The van der Waals surface area contributed by atoms with E-state index < -0.39 is 17.3 Å². The highest BCUT2D eigenvalue weighted by molar-refractivity contribution is 6.06. The van der Waals surface area contributed by atoms with Gasteiger partial charge < -0.3 is 14.8 Å². The Labute approximate surface area is 233 Å². The summed E-state index contributed by atoms with van der Waals surface area (Å²) in [6.07, 6.45) is 4.46. The zero-order valence-corrected chi connectivity index (χ0v) is 21.9. The maximum absolute atomic E-state index is 13.6. The van der Waals surface area contributed by atoms with Crippen molar-refractivity contribution in [1.82, 2.24) is 14.5 Å². The molecule has 0 bridgehead atoms. The standard InChI is InChI=1S/C31H23FN4O5/c1-40-20-9-11-22-25(15-20)33-14-13-28(22)41-21-10-12-29(34-17-21)35-30(38)24-16-23-26(3-2-4-27(23)37)36(31(24)39)19-7-5-18(32)6-8-19/h5-17H,2-4H2,1H3,(H,34,35,38). The zero-order chi connectivity index (χ0) is 28.5. The number of methoxy groups -OCH3 is 1. The van der Waals surface area contributed by atoms with Crippen LogP contribution in [0.2, 0.25) is 0 Å². The molecular formula is C31H23FN4O5. The Balaban J connectivity index is 1.27. The smallest absolute Gasteiger partial charge is 0.268 e. The van der Waals surface area contributed by atoms with Crippen LogP contribution in [0.1, 0.15) is 39.3 Å². The number of halogens is 1. The number of aromatic nitrogens is 3. The van der Waals surface area contributed by atoms with Crippen molar-refractivity contribution in [3.8, 4) is 22.9 Å². The molecule has 1 N–H and O–H groups in total. The summed E-state index contributed by atoms with van der Waals surface area (Å²) in [6, 6.07) is 17.1. The van der Waals surface area contributed by atoms with E-state index in [-0.39, 0.29) is 17.2 Å². The number of carbonyl (C=O) groups is 2. The predicted molar refractivity (Wildman–Crippen MR) is 150 cm³/mol. The SMILES string of the molecule is COc1ccc2c(Oc3ccc(NC(=O)c4cc5c(n(-c6ccc(F)cc6)c4=O)CCCC5=O)nc3)ccnc2c1. The summed E-state index contributed by atoms with van der Waals surface area (Å²) in [5.74, 6) is 0.511. The Hall–Kier alpha value is -5.38. The molecule has 9 nitrogen and oxygen atoms in total. The number of hydrogen-bond donors (Lipinski definition) is 1. The van der Waals surface area contributed by atoms with Crippen LogP contribution in [0.5, 0.6) is 17.2 Å². The fraction of sp³-hybridized carbons (Fsp3) is 0.129. The molecule has 41 heavy (non-hydrogen) atoms. The first-order valence-corrected chi connectivity index (χ1v) is 12.9. The molecule has 0 aliphatic heterocycles. The molecule has 0 spiro atoms. The van der Waals surface area contributed by atoms with Crippen molar-refractivity contribution in [3.63, 3.8) is 0 Å². The average molecular weight is 551 g/mol. The number of anilines is 1. The van der Waals surface area contributed by atoms with Gasteiger partial charge in [-0.25, -0.2) is 9.37 Å². The van der Waals surface area contributed by atoms with E-state index in [1.54, 1.807) is 37.6 Å². The van der Waals surface area contributed by atoms with Gasteiger partial charge in [0.05, 0.1) is 18.8 Å². The van der Waals surface area contributed by atoms with Crippen LogP contribution in [0, 0.1) is 5.82 Å². The molecule has 0 fully saturated rings. The summed E-state index contributed by atoms with van der Waals surface area (Å²) < 4.78 is 26.1. The molecule has 0 saturated carbocycles. The molecular weight excluding hydrogens is 527 g/mol. The molecule has 0 unspecified atom stereocenters. The Morgan fingerprint density at radius 3 is 2.51 bits per heavy atom. The van der Waals surface area contributed by atoms with Crippen molar-refractivity contribution in [2.45, 2.75) is 19.3 Å². The molecule has 1 amide bonds. The quantitative estimate of drug-likeness (QED) is 0.297. The second-order valence-corrected chi connectivity index (χ2v) is 9.44. The molecule has 1 aliphatic rings. The Bertz CT molecular complexity index is 1870. The lowest BCUT2D eigenvalue weighted by atomic mass is 9.92. The number of rotatable bonds is 6. The molecule has 5 aromatic rings. The van der Waals surface area contributed by atoms with Gasteiger partial charge in [-0.3, -0.25) is 23.9 Å². The Morgan fingerprint density at radius 2 is 1.76 bits per heavy atom. The van der Waals surface area contributed by atoms with E-state index in [0.29, 0.717) is 59.0 Å². The number of pyridine rings is 3. The Morgan fingerprint density at radius 1 is 0.951 bits per heavy atom. The van der Waals surface area contributed by atoms with E-state index in [1.807, 2.05) is 12.1 Å². The minimum atomic E-state index is -0.720. The van der Waals surface area contributed by atoms with E-state index in [1.165, 1.54) is 41.1 Å². The van der Waals surface area contributed by atoms with Gasteiger partial charge in [0.25, 0.3) is 11.5 Å².